The number of amides is 1. The summed E-state index contributed by atoms with van der Waals surface area (Å²) in [6, 6.07) is 5.83. The van der Waals surface area contributed by atoms with Crippen molar-refractivity contribution < 1.29 is 29.7 Å². The molecule has 1 aromatic carbocycles. The molecule has 7 nitrogen and oxygen atoms in total. The highest BCUT2D eigenvalue weighted by atomic mass is 16.4. The van der Waals surface area contributed by atoms with E-state index >= 15 is 0 Å². The minimum Gasteiger partial charge on any atom is -0.480 e. The molecule has 1 amide bonds. The Morgan fingerprint density at radius 1 is 0.947 bits per heavy atom. The van der Waals surface area contributed by atoms with Gasteiger partial charge in [-0.05, 0) is 17.7 Å². The second kappa shape index (κ2) is 6.50. The van der Waals surface area contributed by atoms with Crippen molar-refractivity contribution in [3.05, 3.63) is 35.4 Å². The topological polar surface area (TPSA) is 115 Å². The third-order valence-electron chi connectivity index (χ3n) is 2.32. The maximum atomic E-state index is 12.0. The quantitative estimate of drug-likeness (QED) is 0.657. The van der Waals surface area contributed by atoms with Gasteiger partial charge in [0.1, 0.15) is 13.1 Å². The van der Waals surface area contributed by atoms with Gasteiger partial charge in [-0.2, -0.15) is 0 Å². The highest BCUT2D eigenvalue weighted by molar-refractivity contribution is 5.97. The molecule has 0 heterocycles. The summed E-state index contributed by atoms with van der Waals surface area (Å²) in [7, 11) is 0. The first-order chi connectivity index (χ1) is 8.93. The smallest absolute Gasteiger partial charge is 0.323 e. The van der Waals surface area contributed by atoms with Gasteiger partial charge in [0.05, 0.1) is 6.61 Å². The lowest BCUT2D eigenvalue weighted by atomic mass is 10.1. The Hall–Kier alpha value is -2.41. The van der Waals surface area contributed by atoms with E-state index in [0.29, 0.717) is 5.56 Å². The number of benzene rings is 1. The molecule has 0 radical (unpaired) electrons. The van der Waals surface area contributed by atoms with Crippen molar-refractivity contribution in [2.75, 3.05) is 13.1 Å². The van der Waals surface area contributed by atoms with E-state index in [-0.39, 0.29) is 12.2 Å². The van der Waals surface area contributed by atoms with E-state index in [1.807, 2.05) is 0 Å². The SMILES string of the molecule is O=C(O)CN(CC(=O)O)C(=O)c1ccc(CO)cc1. The number of aliphatic hydroxyl groups is 1. The molecule has 3 N–H and O–H groups in total. The van der Waals surface area contributed by atoms with Crippen LogP contribution in [0.3, 0.4) is 0 Å². The number of carboxylic acids is 2. The summed E-state index contributed by atoms with van der Waals surface area (Å²) >= 11 is 0. The number of carboxylic acid groups (broad SMARTS) is 2. The fourth-order valence-corrected chi connectivity index (χ4v) is 1.46. The van der Waals surface area contributed by atoms with E-state index in [1.54, 1.807) is 0 Å². The van der Waals surface area contributed by atoms with Crippen molar-refractivity contribution in [1.29, 1.82) is 0 Å². The van der Waals surface area contributed by atoms with Crippen LogP contribution in [0.5, 0.6) is 0 Å². The van der Waals surface area contributed by atoms with Gasteiger partial charge >= 0.3 is 11.9 Å². The maximum absolute atomic E-state index is 12.0. The van der Waals surface area contributed by atoms with Crippen molar-refractivity contribution in [2.45, 2.75) is 6.61 Å². The largest absolute Gasteiger partial charge is 0.480 e. The second-order valence-electron chi connectivity index (χ2n) is 3.80. The summed E-state index contributed by atoms with van der Waals surface area (Å²) in [6.45, 7) is -1.55. The molecular formula is C12H13NO6. The number of hydrogen-bond donors (Lipinski definition) is 3. The number of rotatable bonds is 6. The Bertz CT molecular complexity index is 465. The molecule has 0 saturated heterocycles. The number of carbonyl (C=O) groups is 3. The molecule has 102 valence electrons. The molecule has 0 aliphatic rings. The Labute approximate surface area is 108 Å². The molecule has 1 rings (SSSR count). The van der Waals surface area contributed by atoms with Gasteiger partial charge in [-0.3, -0.25) is 14.4 Å². The number of hydrogen-bond acceptors (Lipinski definition) is 4. The van der Waals surface area contributed by atoms with E-state index in [0.717, 1.165) is 4.90 Å². The minimum absolute atomic E-state index is 0.166. The lowest BCUT2D eigenvalue weighted by molar-refractivity contribution is -0.140. The van der Waals surface area contributed by atoms with Gasteiger partial charge in [0.25, 0.3) is 5.91 Å². The van der Waals surface area contributed by atoms with E-state index in [2.05, 4.69) is 0 Å². The molecule has 0 aromatic heterocycles. The molecule has 0 bridgehead atoms. The van der Waals surface area contributed by atoms with E-state index < -0.39 is 30.9 Å². The summed E-state index contributed by atoms with van der Waals surface area (Å²) < 4.78 is 0. The van der Waals surface area contributed by atoms with Gasteiger partial charge in [0, 0.05) is 5.56 Å². The van der Waals surface area contributed by atoms with Gasteiger partial charge < -0.3 is 20.2 Å². The van der Waals surface area contributed by atoms with Gasteiger partial charge in [0.2, 0.25) is 0 Å². The molecule has 0 aliphatic heterocycles. The standard InChI is InChI=1S/C12H13NO6/c14-7-8-1-3-9(4-2-8)12(19)13(5-10(15)16)6-11(17)18/h1-4,14H,5-7H2,(H,15,16)(H,17,18). The number of carbonyl (C=O) groups excluding carboxylic acids is 1. The van der Waals surface area contributed by atoms with Gasteiger partial charge in [-0.15, -0.1) is 0 Å². The van der Waals surface area contributed by atoms with Crippen LogP contribution in [0.25, 0.3) is 0 Å². The van der Waals surface area contributed by atoms with Crippen LogP contribution in [0.4, 0.5) is 0 Å². The zero-order chi connectivity index (χ0) is 14.4. The molecule has 0 atom stereocenters. The fraction of sp³-hybridized carbons (Fsp3) is 0.250. The first-order valence-electron chi connectivity index (χ1n) is 5.36. The highest BCUT2D eigenvalue weighted by Gasteiger charge is 2.20. The third kappa shape index (κ3) is 4.40. The first kappa shape index (κ1) is 14.7. The molecule has 0 fully saturated rings. The fourth-order valence-electron chi connectivity index (χ4n) is 1.46. The normalized spacial score (nSPS) is 9.95. The van der Waals surface area contributed by atoms with E-state index in [4.69, 9.17) is 15.3 Å². The minimum atomic E-state index is -1.29. The molecule has 1 aromatic rings. The Balaban J connectivity index is 2.90. The van der Waals surface area contributed by atoms with Crippen LogP contribution < -0.4 is 0 Å². The summed E-state index contributed by atoms with van der Waals surface area (Å²) in [5, 5.41) is 26.2. The lowest BCUT2D eigenvalue weighted by Gasteiger charge is -2.18. The average Bonchev–Trinajstić information content (AvgIpc) is 2.36. The average molecular weight is 267 g/mol. The summed E-state index contributed by atoms with van der Waals surface area (Å²) in [6.07, 6.45) is 0. The van der Waals surface area contributed by atoms with Crippen molar-refractivity contribution in [3.63, 3.8) is 0 Å². The molecule has 0 unspecified atom stereocenters. The van der Waals surface area contributed by atoms with Crippen LogP contribution in [0.2, 0.25) is 0 Å². The van der Waals surface area contributed by atoms with Crippen molar-refractivity contribution >= 4 is 17.8 Å². The molecule has 19 heavy (non-hydrogen) atoms. The van der Waals surface area contributed by atoms with Crippen LogP contribution in [0.1, 0.15) is 15.9 Å². The maximum Gasteiger partial charge on any atom is 0.323 e. The summed E-state index contributed by atoms with van der Waals surface area (Å²) in [5.74, 6) is -3.27. The van der Waals surface area contributed by atoms with Gasteiger partial charge in [-0.25, -0.2) is 0 Å². The van der Waals surface area contributed by atoms with Crippen LogP contribution in [-0.2, 0) is 16.2 Å². The number of aliphatic hydroxyl groups excluding tert-OH is 1. The monoisotopic (exact) mass is 267 g/mol. The van der Waals surface area contributed by atoms with Gasteiger partial charge in [-0.1, -0.05) is 12.1 Å². The Morgan fingerprint density at radius 2 is 1.42 bits per heavy atom. The Kier molecular flexibility index (Phi) is 5.01. The Morgan fingerprint density at radius 3 is 1.79 bits per heavy atom. The summed E-state index contributed by atoms with van der Waals surface area (Å²) in [4.78, 5) is 33.9. The molecule has 7 heteroatoms. The molecular weight excluding hydrogens is 254 g/mol. The number of nitrogens with zero attached hydrogens (tertiary/aromatic N) is 1. The van der Waals surface area contributed by atoms with E-state index in [9.17, 15) is 14.4 Å². The molecule has 0 spiro atoms. The van der Waals surface area contributed by atoms with Gasteiger partial charge in [0.15, 0.2) is 0 Å². The lowest BCUT2D eigenvalue weighted by Crippen LogP contribution is -2.39. The van der Waals surface area contributed by atoms with Crippen molar-refractivity contribution in [3.8, 4) is 0 Å². The number of aliphatic carboxylic acids is 2. The first-order valence-corrected chi connectivity index (χ1v) is 5.36. The predicted octanol–water partition coefficient (Wildman–Crippen LogP) is -0.210. The highest BCUT2D eigenvalue weighted by Crippen LogP contribution is 2.08. The third-order valence-corrected chi connectivity index (χ3v) is 2.32. The molecule has 0 saturated carbocycles. The zero-order valence-electron chi connectivity index (χ0n) is 9.94. The zero-order valence-corrected chi connectivity index (χ0v) is 9.94. The van der Waals surface area contributed by atoms with Crippen molar-refractivity contribution in [2.24, 2.45) is 0 Å². The predicted molar refractivity (Wildman–Crippen MR) is 63.5 cm³/mol. The van der Waals surface area contributed by atoms with Crippen LogP contribution in [0.15, 0.2) is 24.3 Å². The van der Waals surface area contributed by atoms with Crippen LogP contribution in [-0.4, -0.2) is 51.2 Å². The van der Waals surface area contributed by atoms with Crippen LogP contribution in [0, 0.1) is 0 Å². The van der Waals surface area contributed by atoms with Crippen LogP contribution >= 0.6 is 0 Å². The summed E-state index contributed by atoms with van der Waals surface area (Å²) in [5.41, 5.74) is 0.763. The van der Waals surface area contributed by atoms with E-state index in [1.165, 1.54) is 24.3 Å². The van der Waals surface area contributed by atoms with Crippen molar-refractivity contribution in [1.82, 2.24) is 4.90 Å². The second-order valence-corrected chi connectivity index (χ2v) is 3.80. The molecule has 0 aliphatic carbocycles.